The Morgan fingerprint density at radius 2 is 1.67 bits per heavy atom. The van der Waals surface area contributed by atoms with Gasteiger partial charge in [-0.3, -0.25) is 9.59 Å². The van der Waals surface area contributed by atoms with Gasteiger partial charge in [0.15, 0.2) is 5.78 Å². The first-order valence-electron chi connectivity index (χ1n) is 5.32. The summed E-state index contributed by atoms with van der Waals surface area (Å²) in [6, 6.07) is 0. The van der Waals surface area contributed by atoms with Crippen LogP contribution in [-0.2, 0) is 9.59 Å². The quantitative estimate of drug-likeness (QED) is 0.260. The summed E-state index contributed by atoms with van der Waals surface area (Å²) >= 11 is 0. The second kappa shape index (κ2) is 6.21. The van der Waals surface area contributed by atoms with E-state index in [1.54, 1.807) is 0 Å². The maximum absolute atomic E-state index is 11.7. The molecule has 0 heterocycles. The lowest BCUT2D eigenvalue weighted by molar-refractivity contribution is -0.182. The maximum Gasteiger partial charge on any atom is 0.260 e. The highest BCUT2D eigenvalue weighted by Gasteiger charge is 2.53. The Bertz CT molecular complexity index is 319. The van der Waals surface area contributed by atoms with E-state index in [2.05, 4.69) is 0 Å². The van der Waals surface area contributed by atoms with Crippen molar-refractivity contribution in [2.75, 3.05) is 6.61 Å². The van der Waals surface area contributed by atoms with Crippen molar-refractivity contribution >= 4 is 11.7 Å². The second-order valence-corrected chi connectivity index (χ2v) is 4.33. The van der Waals surface area contributed by atoms with Crippen molar-refractivity contribution in [2.45, 2.75) is 37.8 Å². The van der Waals surface area contributed by atoms with Gasteiger partial charge < -0.3 is 31.3 Å². The molecule has 0 saturated heterocycles. The maximum atomic E-state index is 11.7. The van der Waals surface area contributed by atoms with E-state index in [1.807, 2.05) is 0 Å². The van der Waals surface area contributed by atoms with Gasteiger partial charge in [0.25, 0.3) is 5.91 Å². The molecule has 0 radical (unpaired) electrons. The molecular weight excluding hydrogens is 246 g/mol. The standard InChI is InChI=1S/C10H19NO7/c1-4(2)7(15)10(18,9(11)17)8(16)6(14)5(13)3-12/h4-6,8,12-14,16,18H,3H2,1-2H3,(H2,11,17)/t5-,6+,8+,10-/m1/s1. The number of Topliss-reactive ketones (excluding diaryl/α,β-unsaturated/α-hetero) is 1. The summed E-state index contributed by atoms with van der Waals surface area (Å²) in [7, 11) is 0. The highest BCUT2D eigenvalue weighted by atomic mass is 16.4. The predicted molar refractivity (Wildman–Crippen MR) is 59.1 cm³/mol. The Hall–Kier alpha value is -1.06. The molecular formula is C10H19NO7. The Morgan fingerprint density at radius 3 is 1.94 bits per heavy atom. The molecule has 0 aliphatic heterocycles. The van der Waals surface area contributed by atoms with Gasteiger partial charge in [-0.15, -0.1) is 0 Å². The van der Waals surface area contributed by atoms with Crippen LogP contribution in [0.25, 0.3) is 0 Å². The molecule has 0 bridgehead atoms. The number of primary amides is 1. The first-order chi connectivity index (χ1) is 8.10. The SMILES string of the molecule is CC(C)C(=O)[C@](O)(C(N)=O)[C@@H](O)[C@@H](O)[C@H](O)CO. The molecule has 0 aliphatic carbocycles. The van der Waals surface area contributed by atoms with Gasteiger partial charge >= 0.3 is 0 Å². The summed E-state index contributed by atoms with van der Waals surface area (Å²) in [4.78, 5) is 22.9. The summed E-state index contributed by atoms with van der Waals surface area (Å²) in [5, 5.41) is 46.7. The largest absolute Gasteiger partial charge is 0.394 e. The van der Waals surface area contributed by atoms with Crippen LogP contribution in [0, 0.1) is 5.92 Å². The molecule has 8 nitrogen and oxygen atoms in total. The molecule has 8 heteroatoms. The number of ketones is 1. The minimum absolute atomic E-state index is 0.837. The molecule has 0 aromatic rings. The number of aliphatic hydroxyl groups excluding tert-OH is 4. The third-order valence-corrected chi connectivity index (χ3v) is 2.61. The monoisotopic (exact) mass is 265 g/mol. The zero-order valence-corrected chi connectivity index (χ0v) is 10.1. The fraction of sp³-hybridized carbons (Fsp3) is 0.800. The molecule has 7 N–H and O–H groups in total. The van der Waals surface area contributed by atoms with Crippen LogP contribution in [0.2, 0.25) is 0 Å². The van der Waals surface area contributed by atoms with Crippen molar-refractivity contribution in [3.05, 3.63) is 0 Å². The molecule has 0 aliphatic rings. The molecule has 0 saturated carbocycles. The summed E-state index contributed by atoms with van der Waals surface area (Å²) in [6.45, 7) is 1.79. The molecule has 106 valence electrons. The Balaban J connectivity index is 5.36. The lowest BCUT2D eigenvalue weighted by Gasteiger charge is -2.33. The number of nitrogens with two attached hydrogens (primary N) is 1. The van der Waals surface area contributed by atoms with Gasteiger partial charge in [-0.1, -0.05) is 13.8 Å². The van der Waals surface area contributed by atoms with Gasteiger partial charge in [0, 0.05) is 5.92 Å². The van der Waals surface area contributed by atoms with Crippen LogP contribution in [-0.4, -0.2) is 67.7 Å². The topological polar surface area (TPSA) is 161 Å². The highest BCUT2D eigenvalue weighted by molar-refractivity contribution is 6.10. The minimum atomic E-state index is -3.02. The van der Waals surface area contributed by atoms with Crippen LogP contribution in [0.5, 0.6) is 0 Å². The van der Waals surface area contributed by atoms with Crippen molar-refractivity contribution in [1.82, 2.24) is 0 Å². The lowest BCUT2D eigenvalue weighted by Crippen LogP contribution is -2.65. The number of amides is 1. The Morgan fingerprint density at radius 1 is 1.22 bits per heavy atom. The predicted octanol–water partition coefficient (Wildman–Crippen LogP) is -3.50. The van der Waals surface area contributed by atoms with E-state index in [-0.39, 0.29) is 0 Å². The van der Waals surface area contributed by atoms with E-state index >= 15 is 0 Å². The first-order valence-corrected chi connectivity index (χ1v) is 5.32. The zero-order valence-electron chi connectivity index (χ0n) is 10.1. The molecule has 18 heavy (non-hydrogen) atoms. The number of aliphatic hydroxyl groups is 5. The van der Waals surface area contributed by atoms with Crippen molar-refractivity contribution in [1.29, 1.82) is 0 Å². The van der Waals surface area contributed by atoms with Gasteiger partial charge in [-0.2, -0.15) is 0 Å². The molecule has 0 fully saturated rings. The molecule has 4 atom stereocenters. The Labute approximate surface area is 104 Å². The number of rotatable bonds is 7. The first kappa shape index (κ1) is 16.9. The van der Waals surface area contributed by atoms with Crippen LogP contribution < -0.4 is 5.73 Å². The number of hydrogen-bond donors (Lipinski definition) is 6. The molecule has 0 spiro atoms. The fourth-order valence-electron chi connectivity index (χ4n) is 1.42. The average Bonchev–Trinajstić information content (AvgIpc) is 2.33. The van der Waals surface area contributed by atoms with Crippen molar-refractivity contribution in [3.63, 3.8) is 0 Å². The van der Waals surface area contributed by atoms with E-state index < -0.39 is 48.1 Å². The van der Waals surface area contributed by atoms with Gasteiger partial charge in [0.2, 0.25) is 5.60 Å². The van der Waals surface area contributed by atoms with E-state index in [9.17, 15) is 24.9 Å². The smallest absolute Gasteiger partial charge is 0.260 e. The lowest BCUT2D eigenvalue weighted by atomic mass is 9.81. The fourth-order valence-corrected chi connectivity index (χ4v) is 1.42. The summed E-state index contributed by atoms with van der Waals surface area (Å²) in [5.41, 5.74) is 1.84. The molecule has 1 amide bonds. The molecule has 0 rings (SSSR count). The van der Waals surface area contributed by atoms with E-state index in [1.165, 1.54) is 13.8 Å². The van der Waals surface area contributed by atoms with Gasteiger partial charge in [0.1, 0.15) is 18.3 Å². The van der Waals surface area contributed by atoms with Crippen molar-refractivity contribution in [3.8, 4) is 0 Å². The van der Waals surface area contributed by atoms with Crippen molar-refractivity contribution < 1.29 is 35.1 Å². The van der Waals surface area contributed by atoms with Gasteiger partial charge in [0.05, 0.1) is 6.61 Å². The van der Waals surface area contributed by atoms with E-state index in [0.29, 0.717) is 0 Å². The van der Waals surface area contributed by atoms with Crippen molar-refractivity contribution in [2.24, 2.45) is 11.7 Å². The van der Waals surface area contributed by atoms with E-state index in [4.69, 9.17) is 15.9 Å². The molecule has 0 unspecified atom stereocenters. The van der Waals surface area contributed by atoms with Crippen LogP contribution in [0.3, 0.4) is 0 Å². The minimum Gasteiger partial charge on any atom is -0.394 e. The zero-order chi connectivity index (χ0) is 14.7. The normalized spacial score (nSPS) is 20.0. The van der Waals surface area contributed by atoms with Gasteiger partial charge in [-0.05, 0) is 0 Å². The number of carbonyl (C=O) groups is 2. The van der Waals surface area contributed by atoms with E-state index in [0.717, 1.165) is 0 Å². The number of hydrogen-bond acceptors (Lipinski definition) is 7. The Kier molecular flexibility index (Phi) is 5.84. The van der Waals surface area contributed by atoms with Crippen LogP contribution in [0.4, 0.5) is 0 Å². The molecule has 0 aromatic carbocycles. The number of carbonyl (C=O) groups excluding carboxylic acids is 2. The van der Waals surface area contributed by atoms with Crippen LogP contribution >= 0.6 is 0 Å². The third kappa shape index (κ3) is 3.03. The van der Waals surface area contributed by atoms with Crippen LogP contribution in [0.1, 0.15) is 13.8 Å². The van der Waals surface area contributed by atoms with Gasteiger partial charge in [-0.25, -0.2) is 0 Å². The summed E-state index contributed by atoms with van der Waals surface area (Å²) in [5.74, 6) is -3.47. The van der Waals surface area contributed by atoms with Crippen LogP contribution in [0.15, 0.2) is 0 Å². The second-order valence-electron chi connectivity index (χ2n) is 4.33. The highest BCUT2D eigenvalue weighted by Crippen LogP contribution is 2.21. The molecule has 0 aromatic heterocycles. The third-order valence-electron chi connectivity index (χ3n) is 2.61. The summed E-state index contributed by atoms with van der Waals surface area (Å²) in [6.07, 6.45) is -6.27. The summed E-state index contributed by atoms with van der Waals surface area (Å²) < 4.78 is 0. The average molecular weight is 265 g/mol.